The van der Waals surface area contributed by atoms with Gasteiger partial charge in [0.15, 0.2) is 0 Å². The van der Waals surface area contributed by atoms with Gasteiger partial charge in [-0.3, -0.25) is 0 Å². The Bertz CT molecular complexity index is 645. The van der Waals surface area contributed by atoms with Gasteiger partial charge in [-0.05, 0) is 25.1 Å². The van der Waals surface area contributed by atoms with Crippen molar-refractivity contribution in [3.63, 3.8) is 0 Å². The standard InChI is InChI=1S/C16H13N3/c1-12-6-8-14(9-7-12)19-16(11-18)15-5-3-2-4-13(15)10-17/h2-9,16,19H,1H3. The molecule has 0 bridgehead atoms. The summed E-state index contributed by atoms with van der Waals surface area (Å²) >= 11 is 0. The van der Waals surface area contributed by atoms with Crippen LogP contribution in [-0.4, -0.2) is 0 Å². The van der Waals surface area contributed by atoms with Crippen LogP contribution < -0.4 is 5.32 Å². The average molecular weight is 247 g/mol. The Hall–Kier alpha value is -2.78. The van der Waals surface area contributed by atoms with Crippen LogP contribution in [0.15, 0.2) is 48.5 Å². The van der Waals surface area contributed by atoms with E-state index in [2.05, 4.69) is 17.5 Å². The third-order valence-electron chi connectivity index (χ3n) is 2.88. The molecule has 3 heteroatoms. The van der Waals surface area contributed by atoms with Gasteiger partial charge in [-0.25, -0.2) is 0 Å². The maximum absolute atomic E-state index is 9.29. The average Bonchev–Trinajstić information content (AvgIpc) is 2.46. The molecule has 92 valence electrons. The summed E-state index contributed by atoms with van der Waals surface area (Å²) in [7, 11) is 0. The zero-order chi connectivity index (χ0) is 13.7. The fourth-order valence-electron chi connectivity index (χ4n) is 1.85. The van der Waals surface area contributed by atoms with Crippen molar-refractivity contribution >= 4 is 5.69 Å². The number of nitrogens with one attached hydrogen (secondary N) is 1. The van der Waals surface area contributed by atoms with Crippen LogP contribution in [0.2, 0.25) is 0 Å². The minimum Gasteiger partial charge on any atom is -0.366 e. The molecule has 2 aromatic carbocycles. The van der Waals surface area contributed by atoms with Gasteiger partial charge >= 0.3 is 0 Å². The molecule has 3 nitrogen and oxygen atoms in total. The van der Waals surface area contributed by atoms with Gasteiger partial charge < -0.3 is 5.32 Å². The maximum Gasteiger partial charge on any atom is 0.141 e. The summed E-state index contributed by atoms with van der Waals surface area (Å²) in [5, 5.41) is 21.5. The quantitative estimate of drug-likeness (QED) is 0.902. The lowest BCUT2D eigenvalue weighted by Gasteiger charge is -2.14. The van der Waals surface area contributed by atoms with E-state index < -0.39 is 6.04 Å². The molecule has 0 saturated carbocycles. The summed E-state index contributed by atoms with van der Waals surface area (Å²) in [5.74, 6) is 0. The molecule has 0 spiro atoms. The lowest BCUT2D eigenvalue weighted by Crippen LogP contribution is -2.10. The predicted molar refractivity (Wildman–Crippen MR) is 74.3 cm³/mol. The van der Waals surface area contributed by atoms with Crippen molar-refractivity contribution in [2.24, 2.45) is 0 Å². The van der Waals surface area contributed by atoms with Gasteiger partial charge in [0.2, 0.25) is 0 Å². The van der Waals surface area contributed by atoms with Crippen molar-refractivity contribution in [1.29, 1.82) is 10.5 Å². The number of hydrogen-bond donors (Lipinski definition) is 1. The van der Waals surface area contributed by atoms with Crippen LogP contribution in [0.3, 0.4) is 0 Å². The van der Waals surface area contributed by atoms with E-state index in [4.69, 9.17) is 5.26 Å². The summed E-state index contributed by atoms with van der Waals surface area (Å²) in [5.41, 5.74) is 3.25. The Morgan fingerprint density at radius 1 is 1.00 bits per heavy atom. The second-order valence-electron chi connectivity index (χ2n) is 4.27. The molecule has 2 aromatic rings. The molecule has 0 fully saturated rings. The highest BCUT2D eigenvalue weighted by Crippen LogP contribution is 2.22. The van der Waals surface area contributed by atoms with E-state index in [9.17, 15) is 5.26 Å². The minimum atomic E-state index is -0.529. The number of anilines is 1. The van der Waals surface area contributed by atoms with E-state index in [1.54, 1.807) is 18.2 Å². The number of nitriles is 2. The van der Waals surface area contributed by atoms with Crippen molar-refractivity contribution in [2.75, 3.05) is 5.32 Å². The molecule has 0 aliphatic heterocycles. The fourth-order valence-corrected chi connectivity index (χ4v) is 1.85. The lowest BCUT2D eigenvalue weighted by atomic mass is 10.0. The molecule has 2 rings (SSSR count). The second kappa shape index (κ2) is 5.71. The topological polar surface area (TPSA) is 59.6 Å². The first kappa shape index (κ1) is 12.7. The molecule has 0 aliphatic carbocycles. The van der Waals surface area contributed by atoms with Crippen molar-refractivity contribution in [3.8, 4) is 12.1 Å². The third kappa shape index (κ3) is 2.91. The highest BCUT2D eigenvalue weighted by atomic mass is 14.9. The summed E-state index contributed by atoms with van der Waals surface area (Å²) in [6.07, 6.45) is 0. The Balaban J connectivity index is 2.29. The lowest BCUT2D eigenvalue weighted by molar-refractivity contribution is 0.991. The zero-order valence-corrected chi connectivity index (χ0v) is 10.6. The highest BCUT2D eigenvalue weighted by molar-refractivity contribution is 5.51. The van der Waals surface area contributed by atoms with Gasteiger partial charge in [0, 0.05) is 11.3 Å². The summed E-state index contributed by atoms with van der Waals surface area (Å²) in [4.78, 5) is 0. The number of hydrogen-bond acceptors (Lipinski definition) is 3. The Kier molecular flexibility index (Phi) is 3.81. The molecular weight excluding hydrogens is 234 g/mol. The molecule has 1 atom stereocenters. The first-order chi connectivity index (χ1) is 9.24. The molecular formula is C16H13N3. The van der Waals surface area contributed by atoms with Crippen LogP contribution in [0.25, 0.3) is 0 Å². The molecule has 1 N–H and O–H groups in total. The Labute approximate surface area is 112 Å². The number of nitrogens with zero attached hydrogens (tertiary/aromatic N) is 2. The van der Waals surface area contributed by atoms with E-state index in [1.807, 2.05) is 37.3 Å². The van der Waals surface area contributed by atoms with Crippen molar-refractivity contribution in [3.05, 3.63) is 65.2 Å². The monoisotopic (exact) mass is 247 g/mol. The third-order valence-corrected chi connectivity index (χ3v) is 2.88. The SMILES string of the molecule is Cc1ccc(NC(C#N)c2ccccc2C#N)cc1. The first-order valence-corrected chi connectivity index (χ1v) is 5.96. The van der Waals surface area contributed by atoms with Gasteiger partial charge in [0.05, 0.1) is 17.7 Å². The van der Waals surface area contributed by atoms with Crippen molar-refractivity contribution in [2.45, 2.75) is 13.0 Å². The zero-order valence-electron chi connectivity index (χ0n) is 10.6. The molecule has 1 unspecified atom stereocenters. The highest BCUT2D eigenvalue weighted by Gasteiger charge is 2.13. The molecule has 0 aromatic heterocycles. The smallest absolute Gasteiger partial charge is 0.141 e. The van der Waals surface area contributed by atoms with Gasteiger partial charge in [-0.2, -0.15) is 10.5 Å². The minimum absolute atomic E-state index is 0.522. The summed E-state index contributed by atoms with van der Waals surface area (Å²) < 4.78 is 0. The van der Waals surface area contributed by atoms with Crippen molar-refractivity contribution < 1.29 is 0 Å². The largest absolute Gasteiger partial charge is 0.366 e. The Morgan fingerprint density at radius 3 is 2.32 bits per heavy atom. The molecule has 0 heterocycles. The normalized spacial score (nSPS) is 11.1. The first-order valence-electron chi connectivity index (χ1n) is 5.96. The molecule has 0 saturated heterocycles. The fraction of sp³-hybridized carbons (Fsp3) is 0.125. The van der Waals surface area contributed by atoms with Crippen LogP contribution in [0.1, 0.15) is 22.7 Å². The van der Waals surface area contributed by atoms with Gasteiger partial charge in [-0.1, -0.05) is 35.9 Å². The van der Waals surface area contributed by atoms with Gasteiger partial charge in [0.25, 0.3) is 0 Å². The molecule has 19 heavy (non-hydrogen) atoms. The second-order valence-corrected chi connectivity index (χ2v) is 4.27. The predicted octanol–water partition coefficient (Wildman–Crippen LogP) is 3.54. The summed E-state index contributed by atoms with van der Waals surface area (Å²) in [6.45, 7) is 2.01. The van der Waals surface area contributed by atoms with E-state index >= 15 is 0 Å². The molecule has 0 aliphatic rings. The van der Waals surface area contributed by atoms with E-state index in [0.29, 0.717) is 11.1 Å². The van der Waals surface area contributed by atoms with Crippen LogP contribution in [-0.2, 0) is 0 Å². The van der Waals surface area contributed by atoms with Crippen molar-refractivity contribution in [1.82, 2.24) is 0 Å². The van der Waals surface area contributed by atoms with Gasteiger partial charge in [-0.15, -0.1) is 0 Å². The number of aryl methyl sites for hydroxylation is 1. The molecule has 0 radical (unpaired) electrons. The van der Waals surface area contributed by atoms with E-state index in [0.717, 1.165) is 11.3 Å². The van der Waals surface area contributed by atoms with Crippen LogP contribution in [0.5, 0.6) is 0 Å². The van der Waals surface area contributed by atoms with E-state index in [1.165, 1.54) is 0 Å². The van der Waals surface area contributed by atoms with Crippen LogP contribution >= 0.6 is 0 Å². The maximum atomic E-state index is 9.29. The van der Waals surface area contributed by atoms with Gasteiger partial charge in [0.1, 0.15) is 6.04 Å². The number of benzene rings is 2. The Morgan fingerprint density at radius 2 is 1.68 bits per heavy atom. The number of rotatable bonds is 3. The van der Waals surface area contributed by atoms with Crippen LogP contribution in [0, 0.1) is 29.6 Å². The van der Waals surface area contributed by atoms with E-state index in [-0.39, 0.29) is 0 Å². The summed E-state index contributed by atoms with van der Waals surface area (Å²) in [6, 6.07) is 18.7. The molecule has 0 amide bonds. The van der Waals surface area contributed by atoms with Crippen LogP contribution in [0.4, 0.5) is 5.69 Å².